The highest BCUT2D eigenvalue weighted by atomic mass is 16.5. The summed E-state index contributed by atoms with van der Waals surface area (Å²) < 4.78 is 10.9. The highest BCUT2D eigenvalue weighted by Crippen LogP contribution is 2.51. The van der Waals surface area contributed by atoms with Crippen LogP contribution in [0.5, 0.6) is 5.75 Å². The molecule has 1 spiro atoms. The molecule has 142 valence electrons. The Morgan fingerprint density at radius 2 is 1.96 bits per heavy atom. The molecule has 0 bridgehead atoms. The first-order valence-corrected chi connectivity index (χ1v) is 8.84. The maximum Gasteiger partial charge on any atom is 0.341 e. The quantitative estimate of drug-likeness (QED) is 0.605. The standard InChI is InChI=1S/C20H22N2O5/c1-4-5-10-26-18(24)16-17(21)27-14-9-7-6-8-13(14)20(16)15(12(3)23)11(2)22-19(20)25/h6-9H,4-5,10,21H2,1-3H3,(H,22,25)/t20-/m0/s1. The van der Waals surface area contributed by atoms with Crippen molar-refractivity contribution >= 4 is 17.7 Å². The Labute approximate surface area is 157 Å². The average molecular weight is 370 g/mol. The molecule has 1 aromatic rings. The topological polar surface area (TPSA) is 108 Å². The molecule has 0 saturated carbocycles. The number of carbonyl (C=O) groups excluding carboxylic acids is 3. The molecule has 0 unspecified atom stereocenters. The number of carbonyl (C=O) groups is 3. The van der Waals surface area contributed by atoms with E-state index in [1.165, 1.54) is 6.92 Å². The minimum atomic E-state index is -1.68. The van der Waals surface area contributed by atoms with Crippen molar-refractivity contribution in [3.8, 4) is 5.75 Å². The molecule has 2 aliphatic rings. The monoisotopic (exact) mass is 370 g/mol. The van der Waals surface area contributed by atoms with Gasteiger partial charge in [0.25, 0.3) is 0 Å². The number of fused-ring (bicyclic) bond motifs is 2. The number of Topliss-reactive ketones (excluding diaryl/α,β-unsaturated/α-hetero) is 1. The van der Waals surface area contributed by atoms with E-state index in [-0.39, 0.29) is 29.4 Å². The van der Waals surface area contributed by atoms with Crippen LogP contribution in [0.2, 0.25) is 0 Å². The number of hydrogen-bond acceptors (Lipinski definition) is 6. The first-order valence-electron chi connectivity index (χ1n) is 8.84. The summed E-state index contributed by atoms with van der Waals surface area (Å²) in [6.07, 6.45) is 1.51. The number of rotatable bonds is 5. The molecule has 2 aliphatic heterocycles. The molecule has 0 radical (unpaired) electrons. The van der Waals surface area contributed by atoms with Gasteiger partial charge < -0.3 is 20.5 Å². The van der Waals surface area contributed by atoms with E-state index in [4.69, 9.17) is 15.2 Å². The summed E-state index contributed by atoms with van der Waals surface area (Å²) in [7, 11) is 0. The van der Waals surface area contributed by atoms with Crippen molar-refractivity contribution in [1.29, 1.82) is 0 Å². The molecule has 1 amide bonds. The van der Waals surface area contributed by atoms with Crippen LogP contribution in [-0.2, 0) is 24.5 Å². The molecular formula is C20H22N2O5. The molecule has 0 saturated heterocycles. The summed E-state index contributed by atoms with van der Waals surface area (Å²) in [5.41, 5.74) is 5.18. The van der Waals surface area contributed by atoms with Crippen molar-refractivity contribution in [2.75, 3.05) is 6.61 Å². The van der Waals surface area contributed by atoms with Crippen LogP contribution in [0.15, 0.2) is 47.0 Å². The smallest absolute Gasteiger partial charge is 0.341 e. The second-order valence-electron chi connectivity index (χ2n) is 6.59. The fraction of sp³-hybridized carbons (Fsp3) is 0.350. The van der Waals surface area contributed by atoms with Crippen LogP contribution in [0.25, 0.3) is 0 Å². The highest BCUT2D eigenvalue weighted by Gasteiger charge is 2.60. The van der Waals surface area contributed by atoms with Crippen molar-refractivity contribution < 1.29 is 23.9 Å². The van der Waals surface area contributed by atoms with Crippen LogP contribution in [0.1, 0.15) is 39.2 Å². The van der Waals surface area contributed by atoms with Gasteiger partial charge in [0, 0.05) is 16.8 Å². The predicted molar refractivity (Wildman–Crippen MR) is 97.4 cm³/mol. The summed E-state index contributed by atoms with van der Waals surface area (Å²) in [6.45, 7) is 5.13. The van der Waals surface area contributed by atoms with E-state index in [1.54, 1.807) is 31.2 Å². The van der Waals surface area contributed by atoms with Gasteiger partial charge in [-0.25, -0.2) is 4.79 Å². The van der Waals surface area contributed by atoms with E-state index >= 15 is 0 Å². The SMILES string of the molecule is CCCCOC(=O)C1=C(N)Oc2ccccc2[C@@]12C(=O)NC(C)=C2C(C)=O. The van der Waals surface area contributed by atoms with Crippen molar-refractivity contribution in [3.05, 3.63) is 52.6 Å². The fourth-order valence-electron chi connectivity index (χ4n) is 3.73. The molecule has 27 heavy (non-hydrogen) atoms. The van der Waals surface area contributed by atoms with Gasteiger partial charge in [0.2, 0.25) is 11.8 Å². The zero-order valence-corrected chi connectivity index (χ0v) is 15.5. The van der Waals surface area contributed by atoms with Crippen LogP contribution in [0.3, 0.4) is 0 Å². The largest absolute Gasteiger partial charge is 0.462 e. The number of hydrogen-bond donors (Lipinski definition) is 2. The number of benzene rings is 1. The summed E-state index contributed by atoms with van der Waals surface area (Å²) >= 11 is 0. The van der Waals surface area contributed by atoms with Gasteiger partial charge in [0.05, 0.1) is 6.61 Å². The van der Waals surface area contributed by atoms with Gasteiger partial charge in [0.15, 0.2) is 5.78 Å². The number of allylic oxidation sites excluding steroid dienone is 1. The van der Waals surface area contributed by atoms with Gasteiger partial charge in [-0.05, 0) is 26.3 Å². The Hall–Kier alpha value is -3.09. The van der Waals surface area contributed by atoms with Gasteiger partial charge in [-0.15, -0.1) is 0 Å². The molecule has 0 fully saturated rings. The Morgan fingerprint density at radius 1 is 1.26 bits per heavy atom. The molecule has 2 heterocycles. The molecule has 0 aliphatic carbocycles. The second-order valence-corrected chi connectivity index (χ2v) is 6.59. The van der Waals surface area contributed by atoms with E-state index in [1.807, 2.05) is 6.92 Å². The first kappa shape index (κ1) is 18.7. The van der Waals surface area contributed by atoms with E-state index in [9.17, 15) is 14.4 Å². The Kier molecular flexibility index (Phi) is 4.78. The number of unbranched alkanes of at least 4 members (excludes halogenated alkanes) is 1. The van der Waals surface area contributed by atoms with Crippen LogP contribution in [-0.4, -0.2) is 24.3 Å². The molecule has 1 atom stereocenters. The van der Waals surface area contributed by atoms with E-state index in [0.717, 1.165) is 6.42 Å². The predicted octanol–water partition coefficient (Wildman–Crippen LogP) is 1.82. The zero-order chi connectivity index (χ0) is 19.8. The molecule has 3 N–H and O–H groups in total. The fourth-order valence-corrected chi connectivity index (χ4v) is 3.73. The third kappa shape index (κ3) is 2.70. The van der Waals surface area contributed by atoms with Gasteiger partial charge in [-0.1, -0.05) is 31.5 Å². The maximum atomic E-state index is 13.2. The lowest BCUT2D eigenvalue weighted by atomic mass is 9.66. The summed E-state index contributed by atoms with van der Waals surface area (Å²) in [5, 5.41) is 2.69. The highest BCUT2D eigenvalue weighted by molar-refractivity contribution is 6.18. The van der Waals surface area contributed by atoms with Crippen molar-refractivity contribution in [2.24, 2.45) is 5.73 Å². The van der Waals surface area contributed by atoms with E-state index in [0.29, 0.717) is 23.4 Å². The molecule has 7 nitrogen and oxygen atoms in total. The van der Waals surface area contributed by atoms with Crippen molar-refractivity contribution in [2.45, 2.75) is 39.0 Å². The second kappa shape index (κ2) is 6.90. The Morgan fingerprint density at radius 3 is 2.63 bits per heavy atom. The number of esters is 1. The molecule has 0 aromatic heterocycles. The van der Waals surface area contributed by atoms with Crippen LogP contribution >= 0.6 is 0 Å². The summed E-state index contributed by atoms with van der Waals surface area (Å²) in [6, 6.07) is 6.73. The summed E-state index contributed by atoms with van der Waals surface area (Å²) in [4.78, 5) is 38.6. The number of amides is 1. The third-order valence-electron chi connectivity index (χ3n) is 4.81. The van der Waals surface area contributed by atoms with Crippen molar-refractivity contribution in [1.82, 2.24) is 5.32 Å². The van der Waals surface area contributed by atoms with Gasteiger partial charge >= 0.3 is 5.97 Å². The van der Waals surface area contributed by atoms with Gasteiger partial charge in [-0.2, -0.15) is 0 Å². The minimum absolute atomic E-state index is 0.156. The molecule has 3 rings (SSSR count). The number of ether oxygens (including phenoxy) is 2. The summed E-state index contributed by atoms with van der Waals surface area (Å²) in [5.74, 6) is -1.54. The number of nitrogens with two attached hydrogens (primary N) is 1. The van der Waals surface area contributed by atoms with Crippen molar-refractivity contribution in [3.63, 3.8) is 0 Å². The number of nitrogens with one attached hydrogen (secondary N) is 1. The molecule has 7 heteroatoms. The minimum Gasteiger partial charge on any atom is -0.462 e. The van der Waals surface area contributed by atoms with E-state index in [2.05, 4.69) is 5.32 Å². The lowest BCUT2D eigenvalue weighted by Crippen LogP contribution is -2.48. The van der Waals surface area contributed by atoms with Crippen LogP contribution in [0, 0.1) is 0 Å². The Bertz CT molecular complexity index is 899. The van der Waals surface area contributed by atoms with Crippen LogP contribution < -0.4 is 15.8 Å². The maximum absolute atomic E-state index is 13.2. The van der Waals surface area contributed by atoms with Gasteiger partial charge in [-0.3, -0.25) is 9.59 Å². The van der Waals surface area contributed by atoms with Crippen LogP contribution in [0.4, 0.5) is 0 Å². The Balaban J connectivity index is 2.27. The normalized spacial score (nSPS) is 21.1. The van der Waals surface area contributed by atoms with E-state index < -0.39 is 17.3 Å². The average Bonchev–Trinajstić information content (AvgIpc) is 2.86. The lowest BCUT2D eigenvalue weighted by molar-refractivity contribution is -0.141. The van der Waals surface area contributed by atoms with Gasteiger partial charge in [0.1, 0.15) is 16.7 Å². The number of ketones is 1. The molecular weight excluding hydrogens is 348 g/mol. The number of para-hydroxylation sites is 1. The zero-order valence-electron chi connectivity index (χ0n) is 15.5. The first-order chi connectivity index (χ1) is 12.9. The molecule has 1 aromatic carbocycles. The third-order valence-corrected chi connectivity index (χ3v) is 4.81. The lowest BCUT2D eigenvalue weighted by Gasteiger charge is -2.36.